The minimum Gasteiger partial charge on any atom is -0.377 e. The molecule has 0 aromatic carbocycles. The van der Waals surface area contributed by atoms with Crippen LogP contribution in [0.3, 0.4) is 0 Å². The Morgan fingerprint density at radius 2 is 2.32 bits per heavy atom. The zero-order valence-electron chi connectivity index (χ0n) is 12.4. The molecule has 0 radical (unpaired) electrons. The summed E-state index contributed by atoms with van der Waals surface area (Å²) in [5.41, 5.74) is 0.636. The van der Waals surface area contributed by atoms with Crippen LogP contribution in [0.15, 0.2) is 27.7 Å². The highest BCUT2D eigenvalue weighted by Crippen LogP contribution is 2.26. The SMILES string of the molecule is CC(C)n1cc(Br)cc1C(=O)N1CCOCC1c1ncon1. The van der Waals surface area contributed by atoms with Crippen LogP contribution < -0.4 is 0 Å². The third-order valence-electron chi connectivity index (χ3n) is 3.66. The van der Waals surface area contributed by atoms with E-state index in [-0.39, 0.29) is 18.0 Å². The molecule has 2 aromatic rings. The van der Waals surface area contributed by atoms with Gasteiger partial charge in [0.1, 0.15) is 11.7 Å². The number of halogens is 1. The summed E-state index contributed by atoms with van der Waals surface area (Å²) in [5, 5.41) is 3.85. The summed E-state index contributed by atoms with van der Waals surface area (Å²) >= 11 is 3.44. The first-order valence-electron chi connectivity index (χ1n) is 7.10. The zero-order chi connectivity index (χ0) is 15.7. The summed E-state index contributed by atoms with van der Waals surface area (Å²) in [5.74, 6) is 0.410. The minimum atomic E-state index is -0.325. The van der Waals surface area contributed by atoms with Crippen LogP contribution in [0, 0.1) is 0 Å². The van der Waals surface area contributed by atoms with Crippen molar-refractivity contribution in [1.82, 2.24) is 19.6 Å². The summed E-state index contributed by atoms with van der Waals surface area (Å²) in [7, 11) is 0. The van der Waals surface area contributed by atoms with Gasteiger partial charge in [0, 0.05) is 23.3 Å². The molecule has 3 heterocycles. The molecular weight excluding hydrogens is 352 g/mol. The molecule has 0 bridgehead atoms. The van der Waals surface area contributed by atoms with Gasteiger partial charge in [-0.05, 0) is 35.8 Å². The standard InChI is InChI=1S/C14H17BrN4O3/c1-9(2)19-6-10(15)5-11(19)14(20)18-3-4-21-7-12(18)13-16-8-22-17-13/h5-6,8-9,12H,3-4,7H2,1-2H3. The Balaban J connectivity index is 1.92. The Bertz CT molecular complexity index is 653. The molecule has 0 spiro atoms. The molecule has 0 saturated carbocycles. The summed E-state index contributed by atoms with van der Waals surface area (Å²) in [4.78, 5) is 18.8. The first-order chi connectivity index (χ1) is 10.6. The molecule has 1 saturated heterocycles. The van der Waals surface area contributed by atoms with E-state index in [0.29, 0.717) is 31.3 Å². The van der Waals surface area contributed by atoms with Gasteiger partial charge >= 0.3 is 0 Å². The van der Waals surface area contributed by atoms with Crippen molar-refractivity contribution < 1.29 is 14.1 Å². The second kappa shape index (κ2) is 6.21. The average Bonchev–Trinajstić information content (AvgIpc) is 3.15. The predicted molar refractivity (Wildman–Crippen MR) is 81.4 cm³/mol. The number of carbonyl (C=O) groups is 1. The molecule has 8 heteroatoms. The molecule has 2 aromatic heterocycles. The van der Waals surface area contributed by atoms with Crippen molar-refractivity contribution in [3.05, 3.63) is 34.6 Å². The largest absolute Gasteiger partial charge is 0.377 e. The van der Waals surface area contributed by atoms with Gasteiger partial charge in [-0.2, -0.15) is 4.98 Å². The number of nitrogens with zero attached hydrogens (tertiary/aromatic N) is 4. The molecule has 7 nitrogen and oxygen atoms in total. The number of carbonyl (C=O) groups excluding carboxylic acids is 1. The molecule has 0 aliphatic carbocycles. The van der Waals surface area contributed by atoms with Gasteiger partial charge in [-0.15, -0.1) is 0 Å². The predicted octanol–water partition coefficient (Wildman–Crippen LogP) is 2.43. The molecular formula is C14H17BrN4O3. The number of aromatic nitrogens is 3. The maximum Gasteiger partial charge on any atom is 0.271 e. The first-order valence-corrected chi connectivity index (χ1v) is 7.89. The Labute approximate surface area is 136 Å². The lowest BCUT2D eigenvalue weighted by Crippen LogP contribution is -2.44. The fraction of sp³-hybridized carbons (Fsp3) is 0.500. The summed E-state index contributed by atoms with van der Waals surface area (Å²) < 4.78 is 13.1. The number of ether oxygens (including phenoxy) is 1. The Morgan fingerprint density at radius 1 is 1.50 bits per heavy atom. The topological polar surface area (TPSA) is 73.4 Å². The fourth-order valence-electron chi connectivity index (χ4n) is 2.58. The molecule has 1 unspecified atom stereocenters. The van der Waals surface area contributed by atoms with Crippen molar-refractivity contribution >= 4 is 21.8 Å². The molecule has 1 aliphatic rings. The average molecular weight is 369 g/mol. The Morgan fingerprint density at radius 3 is 3.00 bits per heavy atom. The van der Waals surface area contributed by atoms with Crippen molar-refractivity contribution in [2.45, 2.75) is 25.9 Å². The van der Waals surface area contributed by atoms with Crippen molar-refractivity contribution in [1.29, 1.82) is 0 Å². The van der Waals surface area contributed by atoms with E-state index >= 15 is 0 Å². The van der Waals surface area contributed by atoms with Gasteiger partial charge in [-0.3, -0.25) is 4.79 Å². The van der Waals surface area contributed by atoms with Gasteiger partial charge in [0.2, 0.25) is 6.39 Å². The number of hydrogen-bond acceptors (Lipinski definition) is 5. The van der Waals surface area contributed by atoms with Crippen molar-refractivity contribution in [2.24, 2.45) is 0 Å². The van der Waals surface area contributed by atoms with Crippen LogP contribution in [0.25, 0.3) is 0 Å². The third-order valence-corrected chi connectivity index (χ3v) is 4.09. The number of rotatable bonds is 3. The molecule has 118 valence electrons. The van der Waals surface area contributed by atoms with Crippen molar-refractivity contribution in [3.63, 3.8) is 0 Å². The van der Waals surface area contributed by atoms with E-state index in [4.69, 9.17) is 9.26 Å². The number of morpholine rings is 1. The lowest BCUT2D eigenvalue weighted by atomic mass is 10.2. The molecule has 0 N–H and O–H groups in total. The normalized spacial score (nSPS) is 18.9. The van der Waals surface area contributed by atoms with Crippen molar-refractivity contribution in [3.8, 4) is 0 Å². The molecule has 3 rings (SSSR count). The minimum absolute atomic E-state index is 0.0579. The van der Waals surface area contributed by atoms with E-state index < -0.39 is 0 Å². The first kappa shape index (κ1) is 15.2. The van der Waals surface area contributed by atoms with Gasteiger partial charge in [0.25, 0.3) is 5.91 Å². The second-order valence-corrected chi connectivity index (χ2v) is 6.34. The Hall–Kier alpha value is -1.67. The van der Waals surface area contributed by atoms with Gasteiger partial charge < -0.3 is 18.7 Å². The highest BCUT2D eigenvalue weighted by Gasteiger charge is 2.33. The van der Waals surface area contributed by atoms with E-state index in [1.165, 1.54) is 6.39 Å². The van der Waals surface area contributed by atoms with E-state index in [1.807, 2.05) is 30.7 Å². The monoisotopic (exact) mass is 368 g/mol. The van der Waals surface area contributed by atoms with Gasteiger partial charge in [-0.25, -0.2) is 0 Å². The summed E-state index contributed by atoms with van der Waals surface area (Å²) in [6.45, 7) is 5.45. The molecule has 22 heavy (non-hydrogen) atoms. The van der Waals surface area contributed by atoms with Crippen LogP contribution >= 0.6 is 15.9 Å². The van der Waals surface area contributed by atoms with E-state index in [9.17, 15) is 4.79 Å². The smallest absolute Gasteiger partial charge is 0.271 e. The van der Waals surface area contributed by atoms with Gasteiger partial charge in [0.15, 0.2) is 5.82 Å². The number of hydrogen-bond donors (Lipinski definition) is 0. The fourth-order valence-corrected chi connectivity index (χ4v) is 3.02. The van der Waals surface area contributed by atoms with Crippen LogP contribution in [-0.4, -0.2) is 45.3 Å². The Kier molecular flexibility index (Phi) is 4.30. The molecule has 1 atom stereocenters. The van der Waals surface area contributed by atoms with Gasteiger partial charge in [0.05, 0.1) is 13.2 Å². The summed E-state index contributed by atoms with van der Waals surface area (Å²) in [6.07, 6.45) is 3.18. The lowest BCUT2D eigenvalue weighted by Gasteiger charge is -2.34. The quantitative estimate of drug-likeness (QED) is 0.831. The van der Waals surface area contributed by atoms with E-state index in [0.717, 1.165) is 4.47 Å². The molecule has 1 amide bonds. The van der Waals surface area contributed by atoms with Crippen molar-refractivity contribution in [2.75, 3.05) is 19.8 Å². The molecule has 1 fully saturated rings. The zero-order valence-corrected chi connectivity index (χ0v) is 14.0. The van der Waals surface area contributed by atoms with Gasteiger partial charge in [-0.1, -0.05) is 5.16 Å². The maximum atomic E-state index is 13.0. The lowest BCUT2D eigenvalue weighted by molar-refractivity contribution is -0.00637. The molecule has 1 aliphatic heterocycles. The van der Waals surface area contributed by atoms with Crippen LogP contribution in [0.4, 0.5) is 0 Å². The highest BCUT2D eigenvalue weighted by atomic mass is 79.9. The van der Waals surface area contributed by atoms with Crippen LogP contribution in [0.2, 0.25) is 0 Å². The van der Waals surface area contributed by atoms with Crippen LogP contribution in [-0.2, 0) is 4.74 Å². The second-order valence-electron chi connectivity index (χ2n) is 5.42. The third kappa shape index (κ3) is 2.80. The maximum absolute atomic E-state index is 13.0. The highest BCUT2D eigenvalue weighted by molar-refractivity contribution is 9.10. The summed E-state index contributed by atoms with van der Waals surface area (Å²) in [6, 6.07) is 1.70. The number of amides is 1. The van der Waals surface area contributed by atoms with E-state index in [1.54, 1.807) is 4.90 Å². The van der Waals surface area contributed by atoms with Crippen LogP contribution in [0.1, 0.15) is 42.2 Å². The van der Waals surface area contributed by atoms with E-state index in [2.05, 4.69) is 26.1 Å². The van der Waals surface area contributed by atoms with Crippen LogP contribution in [0.5, 0.6) is 0 Å².